The third-order valence-corrected chi connectivity index (χ3v) is 3.91. The van der Waals surface area contributed by atoms with Crippen LogP contribution in [-0.4, -0.2) is 61.8 Å². The number of likely N-dealkylation sites (N-methyl/N-ethyl adjacent to an activating group) is 1. The lowest BCUT2D eigenvalue weighted by atomic mass is 9.84. The van der Waals surface area contributed by atoms with Gasteiger partial charge >= 0.3 is 5.97 Å². The van der Waals surface area contributed by atoms with Gasteiger partial charge in [0.25, 0.3) is 0 Å². The fourth-order valence-corrected chi connectivity index (χ4v) is 3.15. The molecule has 5 atom stereocenters. The zero-order chi connectivity index (χ0) is 12.1. The Morgan fingerprint density at radius 3 is 2.62 bits per heavy atom. The summed E-state index contributed by atoms with van der Waals surface area (Å²) in [6.45, 7) is 2.25. The van der Waals surface area contributed by atoms with Crippen molar-refractivity contribution in [2.24, 2.45) is 5.92 Å². The summed E-state index contributed by atoms with van der Waals surface area (Å²) in [4.78, 5) is 12.7. The second-order valence-corrected chi connectivity index (χ2v) is 4.57. The fraction of sp³-hybridized carbons (Fsp3) is 0.900. The molecule has 0 spiro atoms. The van der Waals surface area contributed by atoms with E-state index in [9.17, 15) is 20.1 Å². The Balaban J connectivity index is 2.38. The summed E-state index contributed by atoms with van der Waals surface area (Å²) in [5.41, 5.74) is -1.47. The van der Waals surface area contributed by atoms with E-state index in [-0.39, 0.29) is 0 Å². The first-order chi connectivity index (χ1) is 7.43. The lowest BCUT2D eigenvalue weighted by Gasteiger charge is -2.48. The van der Waals surface area contributed by atoms with Gasteiger partial charge in [-0.1, -0.05) is 6.92 Å². The molecule has 0 amide bonds. The standard InChI is InChI=1S/C10H17NO5/c1-2-11-5-3-4-10(11,16)8(13)7(12)6(5)9(14)15/h5-8,12-13,16H,2-4H2,1H3,(H,14,15)/t5-,6+,7-,8+,10-/m1/s1. The molecule has 0 radical (unpaired) electrons. The van der Waals surface area contributed by atoms with Crippen LogP contribution in [0.15, 0.2) is 0 Å². The van der Waals surface area contributed by atoms with Crippen LogP contribution in [0.25, 0.3) is 0 Å². The van der Waals surface area contributed by atoms with Crippen LogP contribution in [0.1, 0.15) is 19.8 Å². The van der Waals surface area contributed by atoms with Gasteiger partial charge in [0.2, 0.25) is 0 Å². The van der Waals surface area contributed by atoms with E-state index >= 15 is 0 Å². The van der Waals surface area contributed by atoms with Gasteiger partial charge in [0.1, 0.15) is 17.7 Å². The van der Waals surface area contributed by atoms with Gasteiger partial charge in [0, 0.05) is 6.04 Å². The molecule has 4 N–H and O–H groups in total. The van der Waals surface area contributed by atoms with Gasteiger partial charge in [0.15, 0.2) is 0 Å². The molecular formula is C10H17NO5. The third-order valence-electron chi connectivity index (χ3n) is 3.91. The van der Waals surface area contributed by atoms with E-state index in [0.29, 0.717) is 19.4 Å². The van der Waals surface area contributed by atoms with Crippen molar-refractivity contribution in [3.63, 3.8) is 0 Å². The van der Waals surface area contributed by atoms with Crippen LogP contribution < -0.4 is 0 Å². The topological polar surface area (TPSA) is 101 Å². The molecule has 2 saturated heterocycles. The van der Waals surface area contributed by atoms with Gasteiger partial charge in [-0.15, -0.1) is 0 Å². The molecule has 0 aromatic rings. The molecule has 0 aliphatic carbocycles. The monoisotopic (exact) mass is 231 g/mol. The molecule has 6 heteroatoms. The van der Waals surface area contributed by atoms with E-state index in [1.165, 1.54) is 0 Å². The highest BCUT2D eigenvalue weighted by Crippen LogP contribution is 2.45. The normalized spacial score (nSPS) is 48.2. The zero-order valence-electron chi connectivity index (χ0n) is 9.08. The number of hydrogen-bond donors (Lipinski definition) is 4. The molecule has 0 aromatic heterocycles. The minimum Gasteiger partial charge on any atom is -0.481 e. The quantitative estimate of drug-likeness (QED) is 0.466. The third kappa shape index (κ3) is 1.31. The Kier molecular flexibility index (Phi) is 2.70. The van der Waals surface area contributed by atoms with E-state index in [0.717, 1.165) is 0 Å². The lowest BCUT2D eigenvalue weighted by Crippen LogP contribution is -2.68. The van der Waals surface area contributed by atoms with Crippen LogP contribution >= 0.6 is 0 Å². The van der Waals surface area contributed by atoms with E-state index in [2.05, 4.69) is 0 Å². The first kappa shape index (κ1) is 11.8. The SMILES string of the molecule is CCN1[C@@H]2CC[C@@]1(O)[C@@H](O)[C@H](O)[C@H]2C(=O)O. The first-order valence-corrected chi connectivity index (χ1v) is 5.51. The molecule has 2 aliphatic heterocycles. The average Bonchev–Trinajstić information content (AvgIpc) is 2.50. The number of aliphatic hydroxyl groups is 3. The minimum absolute atomic E-state index is 0.299. The van der Waals surface area contributed by atoms with Crippen molar-refractivity contribution in [1.82, 2.24) is 4.90 Å². The number of fused-ring (bicyclic) bond motifs is 2. The molecular weight excluding hydrogens is 214 g/mol. The van der Waals surface area contributed by atoms with E-state index in [1.54, 1.807) is 11.8 Å². The Morgan fingerprint density at radius 1 is 1.50 bits per heavy atom. The number of piperidine rings is 1. The van der Waals surface area contributed by atoms with E-state index < -0.39 is 35.9 Å². The highest BCUT2D eigenvalue weighted by Gasteiger charge is 2.61. The molecule has 2 heterocycles. The number of aliphatic hydroxyl groups excluding tert-OH is 2. The van der Waals surface area contributed by atoms with Crippen molar-refractivity contribution in [2.45, 2.75) is 43.7 Å². The number of hydrogen-bond acceptors (Lipinski definition) is 5. The smallest absolute Gasteiger partial charge is 0.310 e. The van der Waals surface area contributed by atoms with Gasteiger partial charge < -0.3 is 20.4 Å². The number of aliphatic carboxylic acids is 1. The Morgan fingerprint density at radius 2 is 2.12 bits per heavy atom. The number of nitrogens with zero attached hydrogens (tertiary/aromatic N) is 1. The Labute approximate surface area is 93.1 Å². The van der Waals surface area contributed by atoms with Crippen LogP contribution in [0, 0.1) is 5.92 Å². The molecule has 16 heavy (non-hydrogen) atoms. The maximum Gasteiger partial charge on any atom is 0.310 e. The van der Waals surface area contributed by atoms with Crippen LogP contribution in [-0.2, 0) is 4.79 Å². The lowest BCUT2D eigenvalue weighted by molar-refractivity contribution is -0.239. The van der Waals surface area contributed by atoms with E-state index in [1.807, 2.05) is 0 Å². The average molecular weight is 231 g/mol. The van der Waals surface area contributed by atoms with Gasteiger partial charge in [-0.2, -0.15) is 0 Å². The predicted octanol–water partition coefficient (Wildman–Crippen LogP) is -1.40. The van der Waals surface area contributed by atoms with Crippen molar-refractivity contribution < 1.29 is 25.2 Å². The van der Waals surface area contributed by atoms with Crippen LogP contribution in [0.3, 0.4) is 0 Å². The van der Waals surface area contributed by atoms with Gasteiger partial charge in [-0.3, -0.25) is 9.69 Å². The number of carboxylic acids is 1. The highest BCUT2D eigenvalue weighted by atomic mass is 16.4. The molecule has 92 valence electrons. The molecule has 0 aromatic carbocycles. The van der Waals surface area contributed by atoms with Gasteiger partial charge in [0.05, 0.1) is 6.10 Å². The summed E-state index contributed by atoms with van der Waals surface area (Å²) in [7, 11) is 0. The second kappa shape index (κ2) is 3.66. The Hall–Kier alpha value is -0.690. The molecule has 2 rings (SSSR count). The molecule has 2 aliphatic rings. The van der Waals surface area contributed by atoms with Crippen molar-refractivity contribution in [3.8, 4) is 0 Å². The maximum atomic E-state index is 11.1. The largest absolute Gasteiger partial charge is 0.481 e. The summed E-state index contributed by atoms with van der Waals surface area (Å²) < 4.78 is 0. The van der Waals surface area contributed by atoms with Crippen molar-refractivity contribution in [3.05, 3.63) is 0 Å². The van der Waals surface area contributed by atoms with E-state index in [4.69, 9.17) is 5.11 Å². The summed E-state index contributed by atoms with van der Waals surface area (Å²) in [6, 6.07) is -0.397. The number of carbonyl (C=O) groups is 1. The summed E-state index contributed by atoms with van der Waals surface area (Å²) in [6.07, 6.45) is -2.05. The van der Waals surface area contributed by atoms with Crippen LogP contribution in [0.4, 0.5) is 0 Å². The highest BCUT2D eigenvalue weighted by molar-refractivity contribution is 5.72. The molecule has 2 bridgehead atoms. The first-order valence-electron chi connectivity index (χ1n) is 5.51. The zero-order valence-corrected chi connectivity index (χ0v) is 9.08. The summed E-state index contributed by atoms with van der Waals surface area (Å²) in [5.74, 6) is -2.16. The predicted molar refractivity (Wildman–Crippen MR) is 53.5 cm³/mol. The maximum absolute atomic E-state index is 11.1. The van der Waals surface area contributed by atoms with Crippen molar-refractivity contribution >= 4 is 5.97 Å². The Bertz CT molecular complexity index is 310. The van der Waals surface area contributed by atoms with Crippen molar-refractivity contribution in [1.29, 1.82) is 0 Å². The van der Waals surface area contributed by atoms with Crippen LogP contribution in [0.5, 0.6) is 0 Å². The molecule has 2 fully saturated rings. The summed E-state index contributed by atoms with van der Waals surface area (Å²) >= 11 is 0. The molecule has 0 unspecified atom stereocenters. The molecule has 6 nitrogen and oxygen atoms in total. The second-order valence-electron chi connectivity index (χ2n) is 4.57. The van der Waals surface area contributed by atoms with Crippen LogP contribution in [0.2, 0.25) is 0 Å². The van der Waals surface area contributed by atoms with Gasteiger partial charge in [-0.05, 0) is 19.4 Å². The fourth-order valence-electron chi connectivity index (χ4n) is 3.15. The van der Waals surface area contributed by atoms with Gasteiger partial charge in [-0.25, -0.2) is 0 Å². The minimum atomic E-state index is -1.47. The number of carboxylic acid groups (broad SMARTS) is 1. The summed E-state index contributed by atoms with van der Waals surface area (Å²) in [5, 5.41) is 38.9. The van der Waals surface area contributed by atoms with Crippen molar-refractivity contribution in [2.75, 3.05) is 6.54 Å². The molecule has 0 saturated carbocycles. The number of rotatable bonds is 2.